The van der Waals surface area contributed by atoms with Gasteiger partial charge >= 0.3 is 0 Å². The van der Waals surface area contributed by atoms with Crippen LogP contribution in [0.5, 0.6) is 0 Å². The predicted octanol–water partition coefficient (Wildman–Crippen LogP) is 10.5. The van der Waals surface area contributed by atoms with E-state index in [2.05, 4.69) is 144 Å². The average molecular weight is 568 g/mol. The van der Waals surface area contributed by atoms with Crippen LogP contribution in [0.15, 0.2) is 133 Å². The molecule has 0 spiro atoms. The lowest BCUT2D eigenvalue weighted by Gasteiger charge is -2.23. The summed E-state index contributed by atoms with van der Waals surface area (Å²) in [7, 11) is 0. The highest BCUT2D eigenvalue weighted by atomic mass is 15.5. The summed E-state index contributed by atoms with van der Waals surface area (Å²) in [5.74, 6) is 0.407. The van der Waals surface area contributed by atoms with Crippen LogP contribution < -0.4 is 10.6 Å². The fourth-order valence-corrected chi connectivity index (χ4v) is 7.83. The van der Waals surface area contributed by atoms with Crippen molar-refractivity contribution in [2.24, 2.45) is 0 Å². The molecule has 1 aliphatic heterocycles. The van der Waals surface area contributed by atoms with Gasteiger partial charge in [-0.25, -0.2) is 0 Å². The Balaban J connectivity index is 1.43. The Labute approximate surface area is 257 Å². The third kappa shape index (κ3) is 3.62. The zero-order valence-corrected chi connectivity index (χ0v) is 24.7. The van der Waals surface area contributed by atoms with Crippen LogP contribution in [-0.2, 0) is 0 Å². The first-order valence-electron chi connectivity index (χ1n) is 15.6. The molecule has 3 nitrogen and oxygen atoms in total. The van der Waals surface area contributed by atoms with Gasteiger partial charge in [0.25, 0.3) is 0 Å². The van der Waals surface area contributed by atoms with Gasteiger partial charge < -0.3 is 15.2 Å². The molecule has 1 aliphatic carbocycles. The monoisotopic (exact) mass is 567 g/mol. The summed E-state index contributed by atoms with van der Waals surface area (Å²) in [5, 5.41) is 5.34. The molecule has 0 radical (unpaired) electrons. The van der Waals surface area contributed by atoms with Crippen LogP contribution >= 0.6 is 0 Å². The number of para-hydroxylation sites is 2. The van der Waals surface area contributed by atoms with Crippen molar-refractivity contribution in [1.82, 2.24) is 4.57 Å². The third-order valence-electron chi connectivity index (χ3n) is 9.81. The van der Waals surface area contributed by atoms with Crippen LogP contribution in [0.2, 0.25) is 0 Å². The summed E-state index contributed by atoms with van der Waals surface area (Å²) in [6.45, 7) is 2.39. The number of rotatable bonds is 4. The molecule has 1 saturated heterocycles. The second-order valence-corrected chi connectivity index (χ2v) is 12.3. The smallest absolute Gasteiger partial charge is 0.132 e. The van der Waals surface area contributed by atoms with Crippen LogP contribution in [0.1, 0.15) is 48.2 Å². The van der Waals surface area contributed by atoms with Crippen LogP contribution in [0.25, 0.3) is 49.8 Å². The van der Waals surface area contributed by atoms with E-state index in [-0.39, 0.29) is 12.2 Å². The molecular weight excluding hydrogens is 534 g/mol. The van der Waals surface area contributed by atoms with E-state index in [0.717, 1.165) is 17.8 Å². The minimum atomic E-state index is 0.0828. The van der Waals surface area contributed by atoms with E-state index < -0.39 is 0 Å². The van der Waals surface area contributed by atoms with Crippen LogP contribution in [0.4, 0.5) is 11.4 Å². The maximum absolute atomic E-state index is 6.67. The van der Waals surface area contributed by atoms with Gasteiger partial charge in [0.1, 0.15) is 6.17 Å². The van der Waals surface area contributed by atoms with E-state index in [0.29, 0.717) is 5.92 Å². The lowest BCUT2D eigenvalue weighted by atomic mass is 9.81. The Morgan fingerprint density at radius 2 is 1.43 bits per heavy atom. The molecule has 44 heavy (non-hydrogen) atoms. The molecule has 0 amide bonds. The molecule has 9 rings (SSSR count). The van der Waals surface area contributed by atoms with Crippen molar-refractivity contribution in [1.29, 1.82) is 0 Å². The van der Waals surface area contributed by atoms with Gasteiger partial charge in [-0.05, 0) is 75.2 Å². The number of nitrogens with zero attached hydrogens (tertiary/aromatic N) is 2. The van der Waals surface area contributed by atoms with Crippen LogP contribution in [-0.4, -0.2) is 4.57 Å². The molecule has 2 heterocycles. The fourth-order valence-electron chi connectivity index (χ4n) is 7.83. The van der Waals surface area contributed by atoms with E-state index in [4.69, 9.17) is 5.73 Å². The van der Waals surface area contributed by atoms with Crippen molar-refractivity contribution < 1.29 is 0 Å². The minimum absolute atomic E-state index is 0.0828. The molecule has 0 bridgehead atoms. The summed E-state index contributed by atoms with van der Waals surface area (Å²) in [6, 6.07) is 46.3. The zero-order valence-electron chi connectivity index (χ0n) is 24.7. The van der Waals surface area contributed by atoms with Gasteiger partial charge in [0, 0.05) is 10.8 Å². The summed E-state index contributed by atoms with van der Waals surface area (Å²) in [4.78, 5) is 2.50. The van der Waals surface area contributed by atoms with Crippen molar-refractivity contribution in [3.8, 4) is 11.1 Å². The van der Waals surface area contributed by atoms with Crippen LogP contribution in [0.3, 0.4) is 0 Å². The molecule has 3 heteroatoms. The molecule has 2 aliphatic rings. The summed E-state index contributed by atoms with van der Waals surface area (Å²) >= 11 is 0. The first-order chi connectivity index (χ1) is 21.7. The lowest BCUT2D eigenvalue weighted by Crippen LogP contribution is -2.06. The van der Waals surface area contributed by atoms with E-state index in [1.807, 2.05) is 12.1 Å². The van der Waals surface area contributed by atoms with E-state index in [1.54, 1.807) is 0 Å². The fraction of sp³-hybridized carbons (Fsp3) is 0.122. The molecule has 6 aromatic carbocycles. The Morgan fingerprint density at radius 1 is 0.705 bits per heavy atom. The predicted molar refractivity (Wildman–Crippen MR) is 186 cm³/mol. The second kappa shape index (κ2) is 9.62. The normalized spacial score (nSPS) is 19.1. The molecule has 7 aromatic rings. The van der Waals surface area contributed by atoms with E-state index >= 15 is 0 Å². The number of nitrogens with two attached hydrogens (primary N) is 1. The molecule has 1 aromatic heterocycles. The number of benzene rings is 6. The number of hydrogen-bond donors (Lipinski definition) is 1. The average Bonchev–Trinajstić information content (AvgIpc) is 3.70. The highest BCUT2D eigenvalue weighted by molar-refractivity contribution is 6.23. The summed E-state index contributed by atoms with van der Waals surface area (Å²) in [5.41, 5.74) is 17.8. The topological polar surface area (TPSA) is 34.0 Å². The standard InChI is InChI=1S/C41H33N3/c1-26-13-12-20-31-32(27-14-4-2-5-15-27)25-36-39(37(26)31)38-30-19-9-8-16-28(30)23-24-35(38)43(36)41-40(29-17-6-3-7-18-29)44(41)34-22-11-10-21-33(34)42/h2-12,14-26,40-41H,13,42H2,1H3/t26?,40?,41-,44?/m0/s1. The molecule has 0 saturated carbocycles. The van der Waals surface area contributed by atoms with Gasteiger partial charge in [-0.2, -0.15) is 0 Å². The van der Waals surface area contributed by atoms with Gasteiger partial charge in [-0.3, -0.25) is 0 Å². The number of allylic oxidation sites excluding steroid dienone is 1. The quantitative estimate of drug-likeness (QED) is 0.170. The second-order valence-electron chi connectivity index (χ2n) is 12.3. The number of anilines is 2. The van der Waals surface area contributed by atoms with Crippen molar-refractivity contribution in [2.75, 3.05) is 10.6 Å². The summed E-state index contributed by atoms with van der Waals surface area (Å²) in [6.07, 6.45) is 5.85. The number of fused-ring (bicyclic) bond motifs is 7. The Morgan fingerprint density at radius 3 is 2.25 bits per heavy atom. The Bertz CT molecular complexity index is 2240. The van der Waals surface area contributed by atoms with Gasteiger partial charge in [0.15, 0.2) is 0 Å². The maximum Gasteiger partial charge on any atom is 0.132 e. The largest absolute Gasteiger partial charge is 0.397 e. The lowest BCUT2D eigenvalue weighted by molar-refractivity contribution is 0.766. The zero-order chi connectivity index (χ0) is 29.4. The maximum atomic E-state index is 6.67. The third-order valence-corrected chi connectivity index (χ3v) is 9.81. The first-order valence-corrected chi connectivity index (χ1v) is 15.6. The SMILES string of the molecule is CC1CC=Cc2c(-c3ccccc3)cc3c(c21)c1c2ccccc2ccc1n3[C@@H]1C(c2ccccc2)N1c1ccccc1N. The number of aromatic nitrogens is 1. The Kier molecular flexibility index (Phi) is 5.52. The Hall–Kier alpha value is -5.28. The molecular formula is C41H33N3. The molecule has 1 fully saturated rings. The number of nitrogen functional groups attached to an aromatic ring is 1. The van der Waals surface area contributed by atoms with Gasteiger partial charge in [0.2, 0.25) is 0 Å². The molecule has 2 N–H and O–H groups in total. The summed E-state index contributed by atoms with van der Waals surface area (Å²) < 4.78 is 2.62. The van der Waals surface area contributed by atoms with Crippen molar-refractivity contribution in [2.45, 2.75) is 31.5 Å². The van der Waals surface area contributed by atoms with Gasteiger partial charge in [-0.15, -0.1) is 0 Å². The first kappa shape index (κ1) is 25.2. The van der Waals surface area contributed by atoms with Gasteiger partial charge in [-0.1, -0.05) is 122 Å². The van der Waals surface area contributed by atoms with Gasteiger partial charge in [0.05, 0.1) is 28.5 Å². The highest BCUT2D eigenvalue weighted by Gasteiger charge is 2.52. The minimum Gasteiger partial charge on any atom is -0.397 e. The van der Waals surface area contributed by atoms with Crippen LogP contribution in [0, 0.1) is 0 Å². The van der Waals surface area contributed by atoms with Crippen molar-refractivity contribution in [3.05, 3.63) is 150 Å². The van der Waals surface area contributed by atoms with E-state index in [1.165, 1.54) is 60.4 Å². The van der Waals surface area contributed by atoms with Crippen molar-refractivity contribution >= 4 is 50.0 Å². The molecule has 2 unspecified atom stereocenters. The highest BCUT2D eigenvalue weighted by Crippen LogP contribution is 2.59. The molecule has 212 valence electrons. The van der Waals surface area contributed by atoms with E-state index in [9.17, 15) is 0 Å². The molecule has 3 atom stereocenters. The number of hydrogen-bond acceptors (Lipinski definition) is 2. The van der Waals surface area contributed by atoms with Crippen molar-refractivity contribution in [3.63, 3.8) is 0 Å².